The molecule has 0 saturated heterocycles. The number of rotatable bonds is 6. The number of nitrogens with one attached hydrogen (secondary N) is 1. The molecule has 2 N–H and O–H groups in total. The fourth-order valence-corrected chi connectivity index (χ4v) is 1.66. The summed E-state index contributed by atoms with van der Waals surface area (Å²) in [5, 5.41) is 12.8. The Morgan fingerprint density at radius 1 is 1.38 bits per heavy atom. The summed E-state index contributed by atoms with van der Waals surface area (Å²) in [6, 6.07) is 0. The van der Waals surface area contributed by atoms with Crippen LogP contribution in [0.2, 0.25) is 0 Å². The first kappa shape index (κ1) is 13.3. The highest BCUT2D eigenvalue weighted by Gasteiger charge is 2.13. The first-order chi connectivity index (χ1) is 5.95. The van der Waals surface area contributed by atoms with Crippen LogP contribution in [0.3, 0.4) is 0 Å². The van der Waals surface area contributed by atoms with Crippen LogP contribution in [-0.4, -0.2) is 34.8 Å². The second-order valence-electron chi connectivity index (χ2n) is 4.28. The van der Waals surface area contributed by atoms with E-state index in [0.29, 0.717) is 0 Å². The van der Waals surface area contributed by atoms with Crippen LogP contribution < -0.4 is 5.32 Å². The summed E-state index contributed by atoms with van der Waals surface area (Å²) in [4.78, 5) is 0. The average molecular weight is 205 g/mol. The molecule has 0 amide bonds. The molecule has 0 heterocycles. The lowest BCUT2D eigenvalue weighted by Gasteiger charge is -2.20. The van der Waals surface area contributed by atoms with Gasteiger partial charge >= 0.3 is 0 Å². The first-order valence-electron chi connectivity index (χ1n) is 4.98. The van der Waals surface area contributed by atoms with E-state index in [9.17, 15) is 5.11 Å². The van der Waals surface area contributed by atoms with Crippen molar-refractivity contribution in [3.63, 3.8) is 0 Å². The van der Waals surface area contributed by atoms with E-state index < -0.39 is 0 Å². The average Bonchev–Trinajstić information content (AvgIpc) is 2.00. The molecule has 0 saturated carbocycles. The maximum absolute atomic E-state index is 9.56. The van der Waals surface area contributed by atoms with Gasteiger partial charge in [-0.15, -0.1) is 0 Å². The van der Waals surface area contributed by atoms with Crippen LogP contribution in [0.1, 0.15) is 34.1 Å². The van der Waals surface area contributed by atoms with Crippen molar-refractivity contribution in [1.82, 2.24) is 5.32 Å². The highest BCUT2D eigenvalue weighted by atomic mass is 32.2. The summed E-state index contributed by atoms with van der Waals surface area (Å²) in [6.07, 6.45) is 0.912. The molecule has 0 aliphatic heterocycles. The molecule has 13 heavy (non-hydrogen) atoms. The smallest absolute Gasteiger partial charge is 0.0755 e. The van der Waals surface area contributed by atoms with Crippen LogP contribution in [0.4, 0.5) is 0 Å². The molecule has 0 aromatic rings. The third kappa shape index (κ3) is 10.2. The zero-order valence-corrected chi connectivity index (χ0v) is 10.1. The first-order valence-corrected chi connectivity index (χ1v) is 5.97. The molecule has 0 aliphatic carbocycles. The molecule has 1 unspecified atom stereocenters. The molecule has 0 aliphatic rings. The summed E-state index contributed by atoms with van der Waals surface area (Å²) in [6.45, 7) is 10.4. The third-order valence-corrected chi connectivity index (χ3v) is 2.93. The van der Waals surface area contributed by atoms with Crippen LogP contribution in [0.15, 0.2) is 0 Å². The van der Waals surface area contributed by atoms with E-state index in [1.54, 1.807) is 0 Å². The van der Waals surface area contributed by atoms with E-state index in [4.69, 9.17) is 0 Å². The van der Waals surface area contributed by atoms with Crippen molar-refractivity contribution in [2.75, 3.05) is 18.8 Å². The molecule has 0 fully saturated rings. The fourth-order valence-electron chi connectivity index (χ4n) is 0.851. The zero-order valence-electron chi connectivity index (χ0n) is 9.26. The van der Waals surface area contributed by atoms with E-state index in [0.717, 1.165) is 25.3 Å². The number of thioether (sulfide) groups is 1. The molecule has 0 aromatic carbocycles. The molecule has 0 rings (SSSR count). The summed E-state index contributed by atoms with van der Waals surface area (Å²) < 4.78 is 0.256. The standard InChI is InChI=1S/C10H23NOS/c1-5-6-11-7-9(12)8-13-10(2,3)4/h9,11-12H,5-8H2,1-4H3. The lowest BCUT2D eigenvalue weighted by atomic mass is 10.3. The number of hydrogen-bond donors (Lipinski definition) is 2. The zero-order chi connectivity index (χ0) is 10.3. The van der Waals surface area contributed by atoms with Gasteiger partial charge in [-0.25, -0.2) is 0 Å². The van der Waals surface area contributed by atoms with Crippen LogP contribution in [0, 0.1) is 0 Å². The van der Waals surface area contributed by atoms with Crippen molar-refractivity contribution in [3.05, 3.63) is 0 Å². The minimum Gasteiger partial charge on any atom is -0.391 e. The summed E-state index contributed by atoms with van der Waals surface area (Å²) in [5.41, 5.74) is 0. The second kappa shape index (κ2) is 6.68. The van der Waals surface area contributed by atoms with Crippen molar-refractivity contribution >= 4 is 11.8 Å². The van der Waals surface area contributed by atoms with Crippen molar-refractivity contribution in [1.29, 1.82) is 0 Å². The Bertz CT molecular complexity index is 123. The van der Waals surface area contributed by atoms with Gasteiger partial charge in [0.25, 0.3) is 0 Å². The Hall–Kier alpha value is 0.270. The largest absolute Gasteiger partial charge is 0.391 e. The molecule has 80 valence electrons. The maximum atomic E-state index is 9.56. The molecule has 2 nitrogen and oxygen atoms in total. The van der Waals surface area contributed by atoms with Gasteiger partial charge in [-0.05, 0) is 13.0 Å². The minimum absolute atomic E-state index is 0.212. The monoisotopic (exact) mass is 205 g/mol. The van der Waals surface area contributed by atoms with Crippen LogP contribution >= 0.6 is 11.8 Å². The van der Waals surface area contributed by atoms with Gasteiger partial charge in [0, 0.05) is 17.0 Å². The predicted octanol–water partition coefficient (Wildman–Crippen LogP) is 1.88. The SMILES string of the molecule is CCCNCC(O)CSC(C)(C)C. The number of aliphatic hydroxyl groups excluding tert-OH is 1. The van der Waals surface area contributed by atoms with Crippen molar-refractivity contribution in [2.45, 2.75) is 45.0 Å². The van der Waals surface area contributed by atoms with Crippen LogP contribution in [0.5, 0.6) is 0 Å². The molecule has 0 radical (unpaired) electrons. The van der Waals surface area contributed by atoms with Crippen molar-refractivity contribution in [2.24, 2.45) is 0 Å². The van der Waals surface area contributed by atoms with Crippen molar-refractivity contribution in [3.8, 4) is 0 Å². The maximum Gasteiger partial charge on any atom is 0.0755 e. The fraction of sp³-hybridized carbons (Fsp3) is 1.00. The highest BCUT2D eigenvalue weighted by Crippen LogP contribution is 2.23. The molecule has 0 bridgehead atoms. The molecule has 0 spiro atoms. The molecular weight excluding hydrogens is 182 g/mol. The van der Waals surface area contributed by atoms with Gasteiger partial charge in [0.1, 0.15) is 0 Å². The molecule has 1 atom stereocenters. The van der Waals surface area contributed by atoms with E-state index in [1.807, 2.05) is 11.8 Å². The summed E-state index contributed by atoms with van der Waals surface area (Å²) in [7, 11) is 0. The second-order valence-corrected chi connectivity index (χ2v) is 6.13. The van der Waals surface area contributed by atoms with E-state index in [-0.39, 0.29) is 10.9 Å². The Morgan fingerprint density at radius 3 is 2.46 bits per heavy atom. The van der Waals surface area contributed by atoms with Crippen LogP contribution in [0.25, 0.3) is 0 Å². The van der Waals surface area contributed by atoms with Gasteiger partial charge in [0.2, 0.25) is 0 Å². The molecular formula is C10H23NOS. The Kier molecular flexibility index (Phi) is 6.82. The minimum atomic E-state index is -0.212. The van der Waals surface area contributed by atoms with Gasteiger partial charge in [-0.3, -0.25) is 0 Å². The topological polar surface area (TPSA) is 32.3 Å². The van der Waals surface area contributed by atoms with Crippen LogP contribution in [-0.2, 0) is 0 Å². The van der Waals surface area contributed by atoms with Gasteiger partial charge < -0.3 is 10.4 Å². The predicted molar refractivity (Wildman–Crippen MR) is 61.4 cm³/mol. The van der Waals surface area contributed by atoms with E-state index in [1.165, 1.54) is 0 Å². The van der Waals surface area contributed by atoms with E-state index >= 15 is 0 Å². The third-order valence-electron chi connectivity index (χ3n) is 1.52. The van der Waals surface area contributed by atoms with Crippen molar-refractivity contribution < 1.29 is 5.11 Å². The Labute approximate surface area is 86.5 Å². The van der Waals surface area contributed by atoms with Gasteiger partial charge in [0.15, 0.2) is 0 Å². The quantitative estimate of drug-likeness (QED) is 0.649. The lowest BCUT2D eigenvalue weighted by molar-refractivity contribution is 0.196. The normalized spacial score (nSPS) is 14.5. The van der Waals surface area contributed by atoms with Gasteiger partial charge in [-0.1, -0.05) is 27.7 Å². The Balaban J connectivity index is 3.35. The summed E-state index contributed by atoms with van der Waals surface area (Å²) >= 11 is 1.81. The number of aliphatic hydroxyl groups is 1. The Morgan fingerprint density at radius 2 is 2.00 bits per heavy atom. The molecule has 3 heteroatoms. The number of hydrogen-bond acceptors (Lipinski definition) is 3. The van der Waals surface area contributed by atoms with Gasteiger partial charge in [0.05, 0.1) is 6.10 Å². The highest BCUT2D eigenvalue weighted by molar-refractivity contribution is 8.00. The van der Waals surface area contributed by atoms with Gasteiger partial charge in [-0.2, -0.15) is 11.8 Å². The summed E-state index contributed by atoms with van der Waals surface area (Å²) in [5.74, 6) is 0.820. The molecule has 0 aromatic heterocycles. The van der Waals surface area contributed by atoms with E-state index in [2.05, 4.69) is 33.0 Å². The lowest BCUT2D eigenvalue weighted by Crippen LogP contribution is -2.30.